The first-order chi connectivity index (χ1) is 9.09. The number of hydrogen-bond acceptors (Lipinski definition) is 2. The van der Waals surface area contributed by atoms with E-state index in [2.05, 4.69) is 19.2 Å². The Morgan fingerprint density at radius 1 is 1.26 bits per heavy atom. The first-order valence-corrected chi connectivity index (χ1v) is 8.03. The molecule has 0 aromatic rings. The van der Waals surface area contributed by atoms with E-state index >= 15 is 0 Å². The summed E-state index contributed by atoms with van der Waals surface area (Å²) in [5, 5.41) is 12.5. The number of carbonyl (C=O) groups is 1. The summed E-state index contributed by atoms with van der Waals surface area (Å²) in [6.45, 7) is 5.76. The Morgan fingerprint density at radius 2 is 1.95 bits per heavy atom. The lowest BCUT2D eigenvalue weighted by molar-refractivity contribution is -0.142. The first kappa shape index (κ1) is 16.5. The van der Waals surface area contributed by atoms with Gasteiger partial charge in [-0.2, -0.15) is 0 Å². The van der Waals surface area contributed by atoms with Gasteiger partial charge in [-0.1, -0.05) is 46.0 Å². The first-order valence-electron chi connectivity index (χ1n) is 8.03. The molecule has 19 heavy (non-hydrogen) atoms. The predicted octanol–water partition coefficient (Wildman–Crippen LogP) is 3.68. The van der Waals surface area contributed by atoms with Gasteiger partial charge in [0.2, 0.25) is 0 Å². The van der Waals surface area contributed by atoms with Gasteiger partial charge in [0.1, 0.15) is 0 Å². The topological polar surface area (TPSA) is 49.3 Å². The number of nitrogens with one attached hydrogen (secondary N) is 1. The summed E-state index contributed by atoms with van der Waals surface area (Å²) in [5.74, 6) is 0.495. The second-order valence-corrected chi connectivity index (χ2v) is 6.52. The summed E-state index contributed by atoms with van der Waals surface area (Å²) >= 11 is 0. The molecular formula is C16H31NO2. The van der Waals surface area contributed by atoms with Crippen LogP contribution in [0.4, 0.5) is 0 Å². The molecule has 0 aromatic heterocycles. The lowest BCUT2D eigenvalue weighted by Crippen LogP contribution is -2.30. The quantitative estimate of drug-likeness (QED) is 0.628. The van der Waals surface area contributed by atoms with E-state index < -0.39 is 5.97 Å². The van der Waals surface area contributed by atoms with Crippen molar-refractivity contribution < 1.29 is 9.90 Å². The van der Waals surface area contributed by atoms with E-state index in [0.29, 0.717) is 12.5 Å². The fraction of sp³-hybridized carbons (Fsp3) is 0.938. The van der Waals surface area contributed by atoms with Gasteiger partial charge in [-0.3, -0.25) is 4.79 Å². The molecule has 1 saturated carbocycles. The van der Waals surface area contributed by atoms with Crippen LogP contribution < -0.4 is 5.32 Å². The van der Waals surface area contributed by atoms with E-state index in [1.54, 1.807) is 0 Å². The van der Waals surface area contributed by atoms with Crippen LogP contribution in [0.15, 0.2) is 0 Å². The monoisotopic (exact) mass is 269 g/mol. The van der Waals surface area contributed by atoms with E-state index in [9.17, 15) is 4.79 Å². The van der Waals surface area contributed by atoms with Crippen molar-refractivity contribution in [3.63, 3.8) is 0 Å². The van der Waals surface area contributed by atoms with Crippen LogP contribution in [0.5, 0.6) is 0 Å². The van der Waals surface area contributed by atoms with Gasteiger partial charge in [0.15, 0.2) is 0 Å². The molecule has 0 saturated heterocycles. The van der Waals surface area contributed by atoms with Gasteiger partial charge in [-0.05, 0) is 37.6 Å². The van der Waals surface area contributed by atoms with Crippen LogP contribution in [-0.2, 0) is 4.79 Å². The number of carboxylic acid groups (broad SMARTS) is 1. The number of rotatable bonds is 9. The fourth-order valence-electron chi connectivity index (χ4n) is 3.11. The molecule has 0 radical (unpaired) electrons. The van der Waals surface area contributed by atoms with Crippen molar-refractivity contribution in [2.45, 2.75) is 65.2 Å². The van der Waals surface area contributed by atoms with Crippen LogP contribution in [0, 0.1) is 17.8 Å². The normalized spacial score (nSPS) is 18.7. The molecule has 0 aromatic carbocycles. The van der Waals surface area contributed by atoms with E-state index in [4.69, 9.17) is 5.11 Å². The lowest BCUT2D eigenvalue weighted by atomic mass is 9.86. The van der Waals surface area contributed by atoms with Crippen molar-refractivity contribution in [1.82, 2.24) is 5.32 Å². The van der Waals surface area contributed by atoms with Gasteiger partial charge in [0, 0.05) is 6.54 Å². The molecule has 0 aliphatic heterocycles. The summed E-state index contributed by atoms with van der Waals surface area (Å²) in [6.07, 6.45) is 10.3. The van der Waals surface area contributed by atoms with Gasteiger partial charge >= 0.3 is 5.97 Å². The largest absolute Gasteiger partial charge is 0.481 e. The molecule has 0 heterocycles. The van der Waals surface area contributed by atoms with Gasteiger partial charge in [-0.15, -0.1) is 0 Å². The van der Waals surface area contributed by atoms with Gasteiger partial charge in [0.05, 0.1) is 5.92 Å². The van der Waals surface area contributed by atoms with Gasteiger partial charge in [0.25, 0.3) is 0 Å². The highest BCUT2D eigenvalue weighted by atomic mass is 16.4. The Balaban J connectivity index is 2.06. The standard InChI is InChI=1S/C16H31NO2/c1-13(2)11-15(16(18)19)12-17-10-6-9-14-7-4-3-5-8-14/h13-15,17H,3-12H2,1-2H3,(H,18,19). The molecule has 1 atom stereocenters. The number of carboxylic acids is 1. The molecule has 0 amide bonds. The Bertz CT molecular complexity index is 247. The Morgan fingerprint density at radius 3 is 2.53 bits per heavy atom. The third-order valence-corrected chi connectivity index (χ3v) is 4.19. The zero-order valence-corrected chi connectivity index (χ0v) is 12.7. The third kappa shape index (κ3) is 7.56. The molecule has 3 heteroatoms. The molecule has 1 aliphatic rings. The summed E-state index contributed by atoms with van der Waals surface area (Å²) < 4.78 is 0. The van der Waals surface area contributed by atoms with Crippen molar-refractivity contribution in [2.75, 3.05) is 13.1 Å². The van der Waals surface area contributed by atoms with Crippen molar-refractivity contribution >= 4 is 5.97 Å². The average Bonchev–Trinajstić information content (AvgIpc) is 2.37. The maximum absolute atomic E-state index is 11.1. The highest BCUT2D eigenvalue weighted by Gasteiger charge is 2.18. The number of hydrogen-bond donors (Lipinski definition) is 2. The molecule has 3 nitrogen and oxygen atoms in total. The smallest absolute Gasteiger partial charge is 0.307 e. The minimum absolute atomic E-state index is 0.227. The van der Waals surface area contributed by atoms with E-state index in [-0.39, 0.29) is 5.92 Å². The van der Waals surface area contributed by atoms with Crippen LogP contribution in [-0.4, -0.2) is 24.2 Å². The zero-order chi connectivity index (χ0) is 14.1. The predicted molar refractivity (Wildman–Crippen MR) is 79.3 cm³/mol. The molecule has 0 spiro atoms. The van der Waals surface area contributed by atoms with Crippen molar-refractivity contribution in [2.24, 2.45) is 17.8 Å². The van der Waals surface area contributed by atoms with Crippen LogP contribution in [0.1, 0.15) is 65.2 Å². The third-order valence-electron chi connectivity index (χ3n) is 4.19. The summed E-state index contributed by atoms with van der Waals surface area (Å²) in [7, 11) is 0. The molecule has 112 valence electrons. The van der Waals surface area contributed by atoms with Crippen LogP contribution in [0.2, 0.25) is 0 Å². The van der Waals surface area contributed by atoms with Crippen molar-refractivity contribution in [3.8, 4) is 0 Å². The molecule has 1 fully saturated rings. The van der Waals surface area contributed by atoms with Crippen LogP contribution >= 0.6 is 0 Å². The minimum Gasteiger partial charge on any atom is -0.481 e. The average molecular weight is 269 g/mol. The maximum Gasteiger partial charge on any atom is 0.307 e. The second-order valence-electron chi connectivity index (χ2n) is 6.52. The van der Waals surface area contributed by atoms with E-state index in [1.165, 1.54) is 44.9 Å². The number of aliphatic carboxylic acids is 1. The zero-order valence-electron chi connectivity index (χ0n) is 12.7. The SMILES string of the molecule is CC(C)CC(CNCCCC1CCCCC1)C(=O)O. The molecule has 1 rings (SSSR count). The lowest BCUT2D eigenvalue weighted by Gasteiger charge is -2.21. The molecule has 1 unspecified atom stereocenters. The second kappa shape index (κ2) is 9.35. The summed E-state index contributed by atoms with van der Waals surface area (Å²) in [5.41, 5.74) is 0. The van der Waals surface area contributed by atoms with Crippen molar-refractivity contribution in [1.29, 1.82) is 0 Å². The molecule has 0 bridgehead atoms. The highest BCUT2D eigenvalue weighted by molar-refractivity contribution is 5.70. The fourth-order valence-corrected chi connectivity index (χ4v) is 3.11. The van der Waals surface area contributed by atoms with Crippen LogP contribution in [0.3, 0.4) is 0 Å². The Hall–Kier alpha value is -0.570. The van der Waals surface area contributed by atoms with Crippen LogP contribution in [0.25, 0.3) is 0 Å². The minimum atomic E-state index is -0.659. The molecular weight excluding hydrogens is 238 g/mol. The highest BCUT2D eigenvalue weighted by Crippen LogP contribution is 2.26. The van der Waals surface area contributed by atoms with Crippen molar-refractivity contribution in [3.05, 3.63) is 0 Å². The maximum atomic E-state index is 11.1. The Kier molecular flexibility index (Phi) is 8.11. The van der Waals surface area contributed by atoms with Gasteiger partial charge in [-0.25, -0.2) is 0 Å². The summed E-state index contributed by atoms with van der Waals surface area (Å²) in [6, 6.07) is 0. The van der Waals surface area contributed by atoms with E-state index in [1.807, 2.05) is 0 Å². The molecule has 1 aliphatic carbocycles. The summed E-state index contributed by atoms with van der Waals surface area (Å²) in [4.78, 5) is 11.1. The Labute approximate surface area is 118 Å². The van der Waals surface area contributed by atoms with E-state index in [0.717, 1.165) is 18.9 Å². The molecule has 2 N–H and O–H groups in total. The van der Waals surface area contributed by atoms with Gasteiger partial charge < -0.3 is 10.4 Å².